The van der Waals surface area contributed by atoms with Crippen molar-refractivity contribution in [2.75, 3.05) is 11.9 Å². The molecule has 1 amide bonds. The molecule has 0 bridgehead atoms. The molecular formula is C19H19Cl3N2O5S. The van der Waals surface area contributed by atoms with Crippen LogP contribution in [0.25, 0.3) is 0 Å². The van der Waals surface area contributed by atoms with Gasteiger partial charge in [-0.05, 0) is 30.2 Å². The average Bonchev–Trinajstić information content (AvgIpc) is 2.69. The summed E-state index contributed by atoms with van der Waals surface area (Å²) in [5.41, 5.74) is 0.192. The van der Waals surface area contributed by atoms with Crippen LogP contribution in [-0.2, 0) is 24.3 Å². The van der Waals surface area contributed by atoms with Gasteiger partial charge in [-0.15, -0.1) is 0 Å². The first-order valence-corrected chi connectivity index (χ1v) is 11.3. The number of anilines is 1. The molecule has 1 atom stereocenters. The number of nitrogens with one attached hydrogen (secondary N) is 2. The third-order valence-corrected chi connectivity index (χ3v) is 6.38. The Balaban J connectivity index is 2.02. The predicted molar refractivity (Wildman–Crippen MR) is 116 cm³/mol. The Morgan fingerprint density at radius 3 is 2.20 bits per heavy atom. The van der Waals surface area contributed by atoms with Crippen molar-refractivity contribution in [2.45, 2.75) is 24.8 Å². The number of carbonyl (C=O) groups excluding carboxylic acids is 2. The van der Waals surface area contributed by atoms with Gasteiger partial charge in [0.15, 0.2) is 6.61 Å². The molecule has 30 heavy (non-hydrogen) atoms. The summed E-state index contributed by atoms with van der Waals surface area (Å²) in [4.78, 5) is 24.5. The first kappa shape index (κ1) is 24.4. The van der Waals surface area contributed by atoms with Crippen molar-refractivity contribution in [3.63, 3.8) is 0 Å². The topological polar surface area (TPSA) is 102 Å². The van der Waals surface area contributed by atoms with E-state index in [0.717, 1.165) is 0 Å². The number of esters is 1. The highest BCUT2D eigenvalue weighted by molar-refractivity contribution is 7.89. The van der Waals surface area contributed by atoms with Crippen molar-refractivity contribution < 1.29 is 22.7 Å². The Kier molecular flexibility index (Phi) is 8.52. The van der Waals surface area contributed by atoms with Gasteiger partial charge in [0.25, 0.3) is 5.91 Å². The molecule has 2 rings (SSSR count). The second-order valence-electron chi connectivity index (χ2n) is 6.56. The fraction of sp³-hybridized carbons (Fsp3) is 0.263. The molecule has 2 N–H and O–H groups in total. The van der Waals surface area contributed by atoms with Gasteiger partial charge >= 0.3 is 5.97 Å². The van der Waals surface area contributed by atoms with E-state index in [0.29, 0.717) is 0 Å². The summed E-state index contributed by atoms with van der Waals surface area (Å²) in [6.07, 6.45) is 0. The van der Waals surface area contributed by atoms with Gasteiger partial charge in [-0.3, -0.25) is 9.59 Å². The quantitative estimate of drug-likeness (QED) is 0.425. The van der Waals surface area contributed by atoms with Crippen molar-refractivity contribution in [1.29, 1.82) is 0 Å². The molecule has 0 unspecified atom stereocenters. The van der Waals surface area contributed by atoms with E-state index in [4.69, 9.17) is 39.5 Å². The summed E-state index contributed by atoms with van der Waals surface area (Å²) in [7, 11) is -3.95. The maximum atomic E-state index is 12.5. The molecule has 2 aromatic carbocycles. The summed E-state index contributed by atoms with van der Waals surface area (Å²) >= 11 is 17.7. The molecule has 0 saturated carbocycles. The van der Waals surface area contributed by atoms with E-state index in [-0.39, 0.29) is 25.7 Å². The molecule has 0 aliphatic rings. The van der Waals surface area contributed by atoms with Crippen LogP contribution >= 0.6 is 34.8 Å². The zero-order valence-electron chi connectivity index (χ0n) is 16.0. The highest BCUT2D eigenvalue weighted by Gasteiger charge is 2.30. The van der Waals surface area contributed by atoms with Crippen LogP contribution in [0.1, 0.15) is 13.8 Å². The lowest BCUT2D eigenvalue weighted by Gasteiger charge is -2.20. The normalized spacial score (nSPS) is 12.5. The van der Waals surface area contributed by atoms with Gasteiger partial charge in [-0.1, -0.05) is 66.8 Å². The third-order valence-electron chi connectivity index (χ3n) is 3.89. The lowest BCUT2D eigenvalue weighted by atomic mass is 10.1. The van der Waals surface area contributed by atoms with E-state index in [1.807, 2.05) is 0 Å². The van der Waals surface area contributed by atoms with Gasteiger partial charge in [0.05, 0.1) is 25.7 Å². The Hall–Kier alpha value is -1.84. The number of rotatable bonds is 8. The van der Waals surface area contributed by atoms with Crippen LogP contribution in [0.15, 0.2) is 47.4 Å². The molecule has 0 fully saturated rings. The van der Waals surface area contributed by atoms with E-state index in [9.17, 15) is 18.0 Å². The molecular weight excluding hydrogens is 475 g/mol. The van der Waals surface area contributed by atoms with Gasteiger partial charge in [0.2, 0.25) is 10.0 Å². The maximum absolute atomic E-state index is 12.5. The van der Waals surface area contributed by atoms with E-state index >= 15 is 0 Å². The maximum Gasteiger partial charge on any atom is 0.324 e. The smallest absolute Gasteiger partial charge is 0.324 e. The monoisotopic (exact) mass is 492 g/mol. The Morgan fingerprint density at radius 1 is 1.00 bits per heavy atom. The van der Waals surface area contributed by atoms with Crippen LogP contribution in [0.3, 0.4) is 0 Å². The fourth-order valence-corrected chi connectivity index (χ4v) is 4.27. The minimum absolute atomic E-state index is 0.00968. The van der Waals surface area contributed by atoms with Crippen molar-refractivity contribution in [1.82, 2.24) is 4.72 Å². The van der Waals surface area contributed by atoms with Crippen LogP contribution in [0.4, 0.5) is 5.69 Å². The summed E-state index contributed by atoms with van der Waals surface area (Å²) in [5.74, 6) is -2.00. The molecule has 11 heteroatoms. The zero-order chi connectivity index (χ0) is 22.5. The standard InChI is InChI=1S/C19H19Cl3N2O5S/c1-11(2)18(24-30(27,28)12-6-4-3-5-7-12)19(26)29-10-17(25)23-16-9-14(21)13(20)8-15(16)22/h3-9,11,18,24H,10H2,1-2H3,(H,23,25)/t18-/m1/s1. The van der Waals surface area contributed by atoms with Gasteiger partial charge in [-0.25, -0.2) is 8.42 Å². The van der Waals surface area contributed by atoms with Crippen molar-refractivity contribution in [3.05, 3.63) is 57.5 Å². The van der Waals surface area contributed by atoms with Crippen LogP contribution in [0, 0.1) is 5.92 Å². The van der Waals surface area contributed by atoms with Crippen LogP contribution in [0.2, 0.25) is 15.1 Å². The number of sulfonamides is 1. The number of carbonyl (C=O) groups is 2. The van der Waals surface area contributed by atoms with Crippen LogP contribution < -0.4 is 10.0 Å². The van der Waals surface area contributed by atoms with E-state index in [2.05, 4.69) is 10.0 Å². The number of hydrogen-bond donors (Lipinski definition) is 2. The van der Waals surface area contributed by atoms with E-state index in [1.54, 1.807) is 32.0 Å². The van der Waals surface area contributed by atoms with Crippen molar-refractivity contribution in [3.8, 4) is 0 Å². The highest BCUT2D eigenvalue weighted by atomic mass is 35.5. The van der Waals surface area contributed by atoms with Gasteiger partial charge in [0, 0.05) is 0 Å². The Labute approximate surface area is 189 Å². The van der Waals surface area contributed by atoms with Gasteiger partial charge in [0.1, 0.15) is 6.04 Å². The molecule has 0 radical (unpaired) electrons. The number of benzene rings is 2. The second kappa shape index (κ2) is 10.5. The molecule has 0 aliphatic carbocycles. The fourth-order valence-electron chi connectivity index (χ4n) is 2.32. The van der Waals surface area contributed by atoms with Crippen molar-refractivity contribution >= 4 is 62.4 Å². The third kappa shape index (κ3) is 6.58. The van der Waals surface area contributed by atoms with E-state index in [1.165, 1.54) is 24.3 Å². The number of hydrogen-bond acceptors (Lipinski definition) is 5. The second-order valence-corrected chi connectivity index (χ2v) is 9.49. The van der Waals surface area contributed by atoms with Gasteiger partial charge < -0.3 is 10.1 Å². The first-order chi connectivity index (χ1) is 14.0. The highest BCUT2D eigenvalue weighted by Crippen LogP contribution is 2.32. The summed E-state index contributed by atoms with van der Waals surface area (Å²) < 4.78 is 32.3. The molecule has 0 spiro atoms. The van der Waals surface area contributed by atoms with E-state index < -0.39 is 40.5 Å². The largest absolute Gasteiger partial charge is 0.454 e. The van der Waals surface area contributed by atoms with Gasteiger partial charge in [-0.2, -0.15) is 4.72 Å². The number of halogens is 3. The minimum atomic E-state index is -3.95. The summed E-state index contributed by atoms with van der Waals surface area (Å²) in [6.45, 7) is 2.65. The molecule has 0 saturated heterocycles. The summed E-state index contributed by atoms with van der Waals surface area (Å²) in [5, 5.41) is 3.00. The molecule has 0 aliphatic heterocycles. The first-order valence-electron chi connectivity index (χ1n) is 8.69. The average molecular weight is 494 g/mol. The zero-order valence-corrected chi connectivity index (χ0v) is 19.1. The Bertz CT molecular complexity index is 1030. The summed E-state index contributed by atoms with van der Waals surface area (Å²) in [6, 6.07) is 9.14. The Morgan fingerprint density at radius 2 is 1.60 bits per heavy atom. The van der Waals surface area contributed by atoms with Crippen molar-refractivity contribution in [2.24, 2.45) is 5.92 Å². The molecule has 0 heterocycles. The predicted octanol–water partition coefficient (Wildman–Crippen LogP) is 4.13. The molecule has 2 aromatic rings. The lowest BCUT2D eigenvalue weighted by Crippen LogP contribution is -2.45. The SMILES string of the molecule is CC(C)[C@@H](NS(=O)(=O)c1ccccc1)C(=O)OCC(=O)Nc1cc(Cl)c(Cl)cc1Cl. The molecule has 162 valence electrons. The molecule has 0 aromatic heterocycles. The van der Waals surface area contributed by atoms with Crippen LogP contribution in [0.5, 0.6) is 0 Å². The molecule has 7 nitrogen and oxygen atoms in total. The minimum Gasteiger partial charge on any atom is -0.454 e. The number of amides is 1. The van der Waals surface area contributed by atoms with Crippen LogP contribution in [-0.4, -0.2) is 32.9 Å². The lowest BCUT2D eigenvalue weighted by molar-refractivity contribution is -0.150. The number of ether oxygens (including phenoxy) is 1.